The minimum atomic E-state index is -3.97. The number of ether oxygens (including phenoxy) is 2. The van der Waals surface area contributed by atoms with Crippen LogP contribution in [0.1, 0.15) is 65.4 Å². The van der Waals surface area contributed by atoms with Crippen LogP contribution in [-0.2, 0) is 42.4 Å². The largest absolute Gasteiger partial charge is 0.497 e. The third-order valence-electron chi connectivity index (χ3n) is 9.63. The molecular weight excluding hydrogens is 681 g/mol. The summed E-state index contributed by atoms with van der Waals surface area (Å²) in [6, 6.07) is 19.1. The molecule has 2 aliphatic rings. The van der Waals surface area contributed by atoms with Crippen LogP contribution in [0.5, 0.6) is 11.5 Å². The Morgan fingerprint density at radius 3 is 2.10 bits per heavy atom. The van der Waals surface area contributed by atoms with Gasteiger partial charge in [0.1, 0.15) is 17.0 Å². The van der Waals surface area contributed by atoms with E-state index < -0.39 is 15.5 Å². The van der Waals surface area contributed by atoms with E-state index >= 15 is 0 Å². The molecule has 4 heterocycles. The third kappa shape index (κ3) is 6.80. The van der Waals surface area contributed by atoms with Crippen LogP contribution in [0.2, 0.25) is 0 Å². The summed E-state index contributed by atoms with van der Waals surface area (Å²) in [6.07, 6.45) is 4.57. The summed E-state index contributed by atoms with van der Waals surface area (Å²) in [5, 5.41) is -0.353. The number of hydrogen-bond donors (Lipinski definition) is 1. The summed E-state index contributed by atoms with van der Waals surface area (Å²) >= 11 is 0. The summed E-state index contributed by atoms with van der Waals surface area (Å²) in [5.74, 6) is 1.42. The second-order valence-corrected chi connectivity index (χ2v) is 16.2. The first-order chi connectivity index (χ1) is 24.8. The normalized spacial score (nSPS) is 15.5. The summed E-state index contributed by atoms with van der Waals surface area (Å²) in [5.41, 5.74) is 4.76. The quantitative estimate of drug-likeness (QED) is 0.172. The number of amides is 1. The average molecular weight is 723 g/mol. The van der Waals surface area contributed by atoms with Crippen LogP contribution >= 0.6 is 0 Å². The number of H-pyrrole nitrogens is 1. The zero-order chi connectivity index (χ0) is 36.8. The summed E-state index contributed by atoms with van der Waals surface area (Å²) in [4.78, 5) is 43.6. The number of nitrogens with zero attached hydrogens (tertiary/aromatic N) is 5. The Bertz CT molecular complexity index is 2310. The Labute approximate surface area is 302 Å². The lowest BCUT2D eigenvalue weighted by Crippen LogP contribution is -2.41. The minimum Gasteiger partial charge on any atom is -0.497 e. The third-order valence-corrected chi connectivity index (χ3v) is 11.1. The monoisotopic (exact) mass is 722 g/mol. The lowest BCUT2D eigenvalue weighted by atomic mass is 9.97. The number of carbonyl (C=O) groups excluding carboxylic acids is 1. The molecule has 3 aromatic carbocycles. The number of rotatable bonds is 7. The van der Waals surface area contributed by atoms with Gasteiger partial charge in [0.15, 0.2) is 11.5 Å². The van der Waals surface area contributed by atoms with Gasteiger partial charge in [0.05, 0.1) is 26.5 Å². The van der Waals surface area contributed by atoms with Crippen molar-refractivity contribution in [2.75, 3.05) is 24.9 Å². The molecule has 7 rings (SSSR count). The van der Waals surface area contributed by atoms with Gasteiger partial charge >= 0.3 is 5.69 Å². The van der Waals surface area contributed by atoms with Crippen molar-refractivity contribution in [2.45, 2.75) is 70.5 Å². The number of aromatic amines is 1. The molecule has 5 aromatic rings. The molecule has 0 saturated carbocycles. The molecule has 1 N–H and O–H groups in total. The number of allylic oxidation sites excluding steroid dienone is 2. The lowest BCUT2D eigenvalue weighted by molar-refractivity contribution is 0.0609. The summed E-state index contributed by atoms with van der Waals surface area (Å²) < 4.78 is 40.0. The molecule has 2 aliphatic heterocycles. The summed E-state index contributed by atoms with van der Waals surface area (Å²) in [7, 11) is -0.766. The zero-order valence-corrected chi connectivity index (χ0v) is 30.8. The number of methoxy groups -OCH3 is 2. The molecule has 4 bridgehead atoms. The molecule has 1 amide bonds. The molecule has 0 saturated heterocycles. The van der Waals surface area contributed by atoms with Crippen LogP contribution in [0, 0.1) is 0 Å². The highest BCUT2D eigenvalue weighted by Crippen LogP contribution is 2.34. The Morgan fingerprint density at radius 2 is 1.50 bits per heavy atom. The highest BCUT2D eigenvalue weighted by atomic mass is 32.2. The maximum Gasteiger partial charge on any atom is 0.328 e. The molecule has 0 fully saturated rings. The van der Waals surface area contributed by atoms with Gasteiger partial charge in [-0.05, 0) is 91.8 Å². The molecule has 270 valence electrons. The molecular formula is C39H42N6O6S. The lowest BCUT2D eigenvalue weighted by Gasteiger charge is -2.31. The zero-order valence-electron chi connectivity index (χ0n) is 30.0. The van der Waals surface area contributed by atoms with Crippen molar-refractivity contribution in [2.24, 2.45) is 0 Å². The molecule has 0 unspecified atom stereocenters. The number of aromatic nitrogens is 4. The molecule has 13 heteroatoms. The van der Waals surface area contributed by atoms with Crippen molar-refractivity contribution < 1.29 is 22.7 Å². The van der Waals surface area contributed by atoms with Crippen LogP contribution in [-0.4, -0.2) is 64.3 Å². The number of sulfone groups is 1. The number of imidazole rings is 1. The molecule has 52 heavy (non-hydrogen) atoms. The van der Waals surface area contributed by atoms with Crippen LogP contribution in [0.3, 0.4) is 0 Å². The Hall–Kier alpha value is -5.43. The van der Waals surface area contributed by atoms with Gasteiger partial charge in [-0.3, -0.25) is 9.36 Å². The predicted molar refractivity (Wildman–Crippen MR) is 199 cm³/mol. The second kappa shape index (κ2) is 13.6. The van der Waals surface area contributed by atoms with Crippen molar-refractivity contribution in [3.8, 4) is 11.5 Å². The van der Waals surface area contributed by atoms with Gasteiger partial charge in [-0.25, -0.2) is 13.2 Å². The van der Waals surface area contributed by atoms with E-state index in [4.69, 9.17) is 14.5 Å². The first-order valence-corrected chi connectivity index (χ1v) is 18.9. The number of anilines is 1. The van der Waals surface area contributed by atoms with E-state index in [1.54, 1.807) is 14.2 Å². The topological polar surface area (TPSA) is 140 Å². The second-order valence-electron chi connectivity index (χ2n) is 14.2. The minimum absolute atomic E-state index is 0.0485. The van der Waals surface area contributed by atoms with Gasteiger partial charge in [0.2, 0.25) is 9.84 Å². The molecule has 0 atom stereocenters. The van der Waals surface area contributed by atoms with Crippen LogP contribution < -0.4 is 20.1 Å². The van der Waals surface area contributed by atoms with Crippen molar-refractivity contribution in [1.82, 2.24) is 24.4 Å². The van der Waals surface area contributed by atoms with Gasteiger partial charge in [0.25, 0.3) is 11.1 Å². The fraction of sp³-hybridized carbons (Fsp3) is 0.333. The smallest absolute Gasteiger partial charge is 0.328 e. The standard InChI is InChI=1S/C39H42N6O6S/c1-39(2,3)45-24-32-28-9-7-6-8-18-52(48,49)37-41-34(33-35(42-37)44(38(47)40-33)23-27(19-28)20-31(32)36(45)46)43(21-25-10-14-29(50-4)15-11-25)22-26-12-16-30(51-5)17-13-26/h6-7,10-17,19-20H,8-9,18,21-24H2,1-5H3,(H,40,47). The number of hydrogen-bond acceptors (Lipinski definition) is 9. The van der Waals surface area contributed by atoms with Crippen molar-refractivity contribution in [3.05, 3.63) is 117 Å². The first-order valence-electron chi connectivity index (χ1n) is 17.2. The van der Waals surface area contributed by atoms with E-state index in [1.165, 1.54) is 4.57 Å². The van der Waals surface area contributed by atoms with Crippen LogP contribution in [0.15, 0.2) is 82.8 Å². The van der Waals surface area contributed by atoms with E-state index in [0.29, 0.717) is 48.6 Å². The van der Waals surface area contributed by atoms with Gasteiger partial charge in [-0.1, -0.05) is 42.5 Å². The highest BCUT2D eigenvalue weighted by Gasteiger charge is 2.36. The predicted octanol–water partition coefficient (Wildman–Crippen LogP) is 5.42. The van der Waals surface area contributed by atoms with Crippen molar-refractivity contribution >= 4 is 32.7 Å². The molecule has 2 aromatic heterocycles. The molecule has 0 spiro atoms. The van der Waals surface area contributed by atoms with Gasteiger partial charge in [-0.2, -0.15) is 9.97 Å². The highest BCUT2D eigenvalue weighted by molar-refractivity contribution is 7.91. The SMILES string of the molecule is COc1ccc(CN(Cc2ccc(OC)cc2)c2nc3nc4c2[nH]c(=O)n4Cc2cc(c4c(c2)C(=O)N(C(C)(C)C)C4)CC=CCCS3(=O)=O)cc1. The molecule has 12 nitrogen and oxygen atoms in total. The summed E-state index contributed by atoms with van der Waals surface area (Å²) in [6.45, 7) is 7.26. The van der Waals surface area contributed by atoms with Gasteiger partial charge in [-0.15, -0.1) is 0 Å². The van der Waals surface area contributed by atoms with Crippen molar-refractivity contribution in [1.29, 1.82) is 0 Å². The number of benzene rings is 3. The molecule has 0 radical (unpaired) electrons. The maximum atomic E-state index is 13.9. The first kappa shape index (κ1) is 35.0. The Kier molecular flexibility index (Phi) is 9.16. The number of fused-ring (bicyclic) bond motifs is 5. The van der Waals surface area contributed by atoms with E-state index in [9.17, 15) is 18.0 Å². The van der Waals surface area contributed by atoms with Crippen molar-refractivity contribution in [3.63, 3.8) is 0 Å². The van der Waals surface area contributed by atoms with E-state index in [1.807, 2.05) is 103 Å². The number of carbonyl (C=O) groups is 1. The maximum absolute atomic E-state index is 13.9. The Balaban J connectivity index is 1.40. The van der Waals surface area contributed by atoms with Gasteiger partial charge < -0.3 is 24.3 Å². The van der Waals surface area contributed by atoms with Crippen LogP contribution in [0.4, 0.5) is 5.82 Å². The van der Waals surface area contributed by atoms with E-state index in [2.05, 4.69) is 9.97 Å². The number of nitrogens with one attached hydrogen (secondary N) is 1. The fourth-order valence-corrected chi connectivity index (χ4v) is 7.89. The van der Waals surface area contributed by atoms with Gasteiger partial charge in [0, 0.05) is 30.7 Å². The van der Waals surface area contributed by atoms with E-state index in [-0.39, 0.29) is 46.8 Å². The average Bonchev–Trinajstić information content (AvgIpc) is 3.63. The van der Waals surface area contributed by atoms with Crippen LogP contribution in [0.25, 0.3) is 11.2 Å². The molecule has 0 aliphatic carbocycles. The Morgan fingerprint density at radius 1 is 0.865 bits per heavy atom. The fourth-order valence-electron chi connectivity index (χ4n) is 6.81. The van der Waals surface area contributed by atoms with E-state index in [0.717, 1.165) is 27.8 Å².